The van der Waals surface area contributed by atoms with Gasteiger partial charge < -0.3 is 15.2 Å². The Labute approximate surface area is 288 Å². The van der Waals surface area contributed by atoms with Crippen LogP contribution >= 0.6 is 0 Å². The van der Waals surface area contributed by atoms with Gasteiger partial charge in [0.25, 0.3) is 0 Å². The molecule has 3 nitrogen and oxygen atoms in total. The van der Waals surface area contributed by atoms with E-state index in [2.05, 4.69) is 92.0 Å². The molecular formula is C43H64BNO2. The van der Waals surface area contributed by atoms with Gasteiger partial charge in [-0.05, 0) is 115 Å². The predicted octanol–water partition coefficient (Wildman–Crippen LogP) is 11.6. The number of fused-ring (bicyclic) bond motifs is 1. The van der Waals surface area contributed by atoms with Crippen molar-refractivity contribution in [3.8, 4) is 5.75 Å². The van der Waals surface area contributed by atoms with Crippen molar-refractivity contribution >= 4 is 24.6 Å². The first-order chi connectivity index (χ1) is 22.2. The fourth-order valence-electron chi connectivity index (χ4n) is 7.14. The first-order valence-electron chi connectivity index (χ1n) is 17.9. The second kappa shape index (κ2) is 18.9. The number of phenolic OH excluding ortho intramolecular Hbond substituents is 1. The van der Waals surface area contributed by atoms with Crippen molar-refractivity contribution in [3.05, 3.63) is 99.8 Å². The SMILES string of the molecule is C=C1Cc2c(ccc(C)c2C)C(C)=C1NC.C=Cc1ccc(O)c(CC=C(C)C)c1.CB(CC1CCCC1)C1CC1(C)C.CCC=O. The van der Waals surface area contributed by atoms with Gasteiger partial charge in [0.05, 0.1) is 0 Å². The molecule has 0 amide bonds. The topological polar surface area (TPSA) is 49.3 Å². The van der Waals surface area contributed by atoms with Gasteiger partial charge in [0.2, 0.25) is 0 Å². The Morgan fingerprint density at radius 3 is 2.23 bits per heavy atom. The van der Waals surface area contributed by atoms with E-state index in [9.17, 15) is 9.90 Å². The van der Waals surface area contributed by atoms with Crippen molar-refractivity contribution < 1.29 is 9.90 Å². The Balaban J connectivity index is 0.000000233. The standard InChI is InChI=1S/C15H19N.C13H16O.C12H23B.C3H6O/c1-9-6-7-13-12(4)15(16-5)10(2)8-14(13)11(9)3;1-4-11-6-8-13(14)12(9-11)7-5-10(2)3;1-12(2)8-11(12)13(3)9-10-6-4-5-7-10;1-2-3-4/h6-7,16H,2,8H2,1,3-5H3;4-6,8-9,14H,1,7H2,2-3H3;10-11H,4-9H2,1-3H3;3H,2H2,1H3. The van der Waals surface area contributed by atoms with E-state index in [0.717, 1.165) is 48.7 Å². The average Bonchev–Trinajstić information content (AvgIpc) is 3.39. The molecule has 0 spiro atoms. The zero-order valence-electron chi connectivity index (χ0n) is 31.5. The van der Waals surface area contributed by atoms with Crippen molar-refractivity contribution in [2.24, 2.45) is 11.3 Å². The van der Waals surface area contributed by atoms with E-state index in [1.807, 2.05) is 26.1 Å². The zero-order valence-corrected chi connectivity index (χ0v) is 31.5. The second-order valence-corrected chi connectivity index (χ2v) is 14.9. The molecule has 3 aliphatic carbocycles. The van der Waals surface area contributed by atoms with Crippen LogP contribution in [0, 0.1) is 25.2 Å². The molecule has 0 bridgehead atoms. The maximum Gasteiger partial charge on any atom is 0.140 e. The number of likely N-dealkylation sites (N-methyl/N-ethyl adjacent to an activating group) is 1. The minimum absolute atomic E-state index is 0.355. The van der Waals surface area contributed by atoms with Crippen LogP contribution in [0.3, 0.4) is 0 Å². The summed E-state index contributed by atoms with van der Waals surface area (Å²) in [4.78, 5) is 9.17. The van der Waals surface area contributed by atoms with E-state index in [1.165, 1.54) is 83.1 Å². The Morgan fingerprint density at radius 1 is 1.11 bits per heavy atom. The lowest BCUT2D eigenvalue weighted by Crippen LogP contribution is -2.17. The fourth-order valence-corrected chi connectivity index (χ4v) is 7.14. The highest BCUT2D eigenvalue weighted by Crippen LogP contribution is 2.60. The van der Waals surface area contributed by atoms with Crippen LogP contribution in [-0.2, 0) is 17.6 Å². The number of benzene rings is 2. The first-order valence-corrected chi connectivity index (χ1v) is 17.9. The Kier molecular flexibility index (Phi) is 16.1. The molecule has 0 heterocycles. The van der Waals surface area contributed by atoms with E-state index in [4.69, 9.17) is 0 Å². The molecule has 2 N–H and O–H groups in total. The molecule has 2 aromatic carbocycles. The summed E-state index contributed by atoms with van der Waals surface area (Å²) in [6, 6.07) is 9.97. The van der Waals surface area contributed by atoms with Crippen LogP contribution in [0.5, 0.6) is 5.75 Å². The number of aromatic hydroxyl groups is 1. The van der Waals surface area contributed by atoms with Crippen molar-refractivity contribution in [2.75, 3.05) is 7.05 Å². The molecule has 0 aromatic heterocycles. The summed E-state index contributed by atoms with van der Waals surface area (Å²) in [5.74, 6) is 2.49. The maximum atomic E-state index is 9.58. The molecular weight excluding hydrogens is 573 g/mol. The van der Waals surface area contributed by atoms with E-state index < -0.39 is 0 Å². The number of hydrogen-bond acceptors (Lipinski definition) is 3. The molecule has 0 saturated heterocycles. The number of phenols is 1. The maximum absolute atomic E-state index is 9.58. The third-order valence-electron chi connectivity index (χ3n) is 10.3. The number of hydrogen-bond donors (Lipinski definition) is 2. The number of rotatable bonds is 8. The Morgan fingerprint density at radius 2 is 1.72 bits per heavy atom. The lowest BCUT2D eigenvalue weighted by molar-refractivity contribution is -0.107. The first kappa shape index (κ1) is 39.9. The lowest BCUT2D eigenvalue weighted by atomic mass is 9.42. The highest BCUT2D eigenvalue weighted by molar-refractivity contribution is 6.60. The van der Waals surface area contributed by atoms with E-state index in [1.54, 1.807) is 12.1 Å². The summed E-state index contributed by atoms with van der Waals surface area (Å²) in [7, 11) is 1.97. The minimum Gasteiger partial charge on any atom is -0.508 e. The van der Waals surface area contributed by atoms with Crippen LogP contribution in [0.1, 0.15) is 113 Å². The molecule has 2 aromatic rings. The molecule has 1 atom stereocenters. The summed E-state index contributed by atoms with van der Waals surface area (Å²) in [5.41, 5.74) is 13.3. The summed E-state index contributed by atoms with van der Waals surface area (Å²) in [6.45, 7) is 28.7. The summed E-state index contributed by atoms with van der Waals surface area (Å²) < 4.78 is 0. The van der Waals surface area contributed by atoms with Gasteiger partial charge in [-0.25, -0.2) is 0 Å². The van der Waals surface area contributed by atoms with Gasteiger partial charge in [0, 0.05) is 19.2 Å². The van der Waals surface area contributed by atoms with Crippen molar-refractivity contribution in [1.82, 2.24) is 5.32 Å². The largest absolute Gasteiger partial charge is 0.508 e. The second-order valence-electron chi connectivity index (χ2n) is 14.9. The Bertz CT molecular complexity index is 1420. The Hall–Kier alpha value is -3.27. The zero-order chi connectivity index (χ0) is 35.3. The van der Waals surface area contributed by atoms with Gasteiger partial charge in [-0.1, -0.05) is 121 Å². The quantitative estimate of drug-likeness (QED) is 0.172. The number of carbonyl (C=O) groups excluding carboxylic acids is 1. The molecule has 4 heteroatoms. The van der Waals surface area contributed by atoms with Gasteiger partial charge in [-0.2, -0.15) is 0 Å². The summed E-state index contributed by atoms with van der Waals surface area (Å²) in [6.07, 6.45) is 16.2. The summed E-state index contributed by atoms with van der Waals surface area (Å²) >= 11 is 0. The number of aldehydes is 1. The molecule has 2 fully saturated rings. The fraction of sp³-hybridized carbons (Fsp3) is 0.512. The third kappa shape index (κ3) is 12.0. The van der Waals surface area contributed by atoms with Crippen molar-refractivity contribution in [2.45, 2.75) is 126 Å². The van der Waals surface area contributed by atoms with Crippen LogP contribution in [0.15, 0.2) is 66.4 Å². The molecule has 47 heavy (non-hydrogen) atoms. The highest BCUT2D eigenvalue weighted by atomic mass is 16.3. The van der Waals surface area contributed by atoms with Gasteiger partial charge in [0.1, 0.15) is 18.7 Å². The van der Waals surface area contributed by atoms with Crippen LogP contribution < -0.4 is 5.32 Å². The summed E-state index contributed by atoms with van der Waals surface area (Å²) in [5, 5.41) is 12.8. The normalized spacial score (nSPS) is 17.4. The van der Waals surface area contributed by atoms with Crippen LogP contribution in [0.4, 0.5) is 0 Å². The minimum atomic E-state index is 0.355. The number of aryl methyl sites for hydroxylation is 1. The molecule has 2 saturated carbocycles. The smallest absolute Gasteiger partial charge is 0.140 e. The highest BCUT2D eigenvalue weighted by Gasteiger charge is 2.49. The lowest BCUT2D eigenvalue weighted by Gasteiger charge is -2.25. The molecule has 1 unspecified atom stereocenters. The number of nitrogens with one attached hydrogen (secondary N) is 1. The van der Waals surface area contributed by atoms with Gasteiger partial charge in [0.15, 0.2) is 0 Å². The van der Waals surface area contributed by atoms with Crippen molar-refractivity contribution in [3.63, 3.8) is 0 Å². The van der Waals surface area contributed by atoms with Gasteiger partial charge in [-0.15, -0.1) is 0 Å². The third-order valence-corrected chi connectivity index (χ3v) is 10.3. The van der Waals surface area contributed by atoms with Crippen LogP contribution in [-0.4, -0.2) is 25.2 Å². The average molecular weight is 638 g/mol. The molecule has 0 radical (unpaired) electrons. The van der Waals surface area contributed by atoms with Gasteiger partial charge >= 0.3 is 0 Å². The van der Waals surface area contributed by atoms with Crippen LogP contribution in [0.2, 0.25) is 19.0 Å². The molecule has 256 valence electrons. The van der Waals surface area contributed by atoms with Crippen LogP contribution in [0.25, 0.3) is 11.6 Å². The molecule has 5 rings (SSSR count). The van der Waals surface area contributed by atoms with E-state index in [0.29, 0.717) is 17.6 Å². The van der Waals surface area contributed by atoms with E-state index in [-0.39, 0.29) is 0 Å². The van der Waals surface area contributed by atoms with E-state index >= 15 is 0 Å². The molecule has 3 aliphatic rings. The number of carbonyl (C=O) groups is 1. The predicted molar refractivity (Wildman–Crippen MR) is 209 cm³/mol. The van der Waals surface area contributed by atoms with Crippen molar-refractivity contribution in [1.29, 1.82) is 0 Å². The number of allylic oxidation sites excluding steroid dienone is 4. The monoisotopic (exact) mass is 638 g/mol. The molecule has 0 aliphatic heterocycles. The van der Waals surface area contributed by atoms with Gasteiger partial charge in [-0.3, -0.25) is 0 Å².